The molecule has 0 radical (unpaired) electrons. The molecule has 8 heteroatoms. The molecule has 2 aromatic heterocycles. The molecule has 0 saturated heterocycles. The third kappa shape index (κ3) is 4.71. The Morgan fingerprint density at radius 2 is 2.15 bits per heavy atom. The Morgan fingerprint density at radius 3 is 2.85 bits per heavy atom. The number of anilines is 1. The first-order valence-electron chi connectivity index (χ1n) is 11.4. The first-order valence-corrected chi connectivity index (χ1v) is 13.1. The van der Waals surface area contributed by atoms with Gasteiger partial charge in [-0.3, -0.25) is 14.2 Å². The second-order valence-corrected chi connectivity index (χ2v) is 10.9. The predicted octanol–water partition coefficient (Wildman–Crippen LogP) is 5.03. The molecule has 172 valence electrons. The Kier molecular flexibility index (Phi) is 7.20. The Hall–Kier alpha value is -2.63. The first-order chi connectivity index (χ1) is 15.9. The number of nitrogens with zero attached hydrogens (tertiary/aromatic N) is 4. The van der Waals surface area contributed by atoms with Crippen molar-refractivity contribution in [2.45, 2.75) is 63.4 Å². The summed E-state index contributed by atoms with van der Waals surface area (Å²) in [7, 11) is 0. The maximum atomic E-state index is 13.4. The van der Waals surface area contributed by atoms with Crippen molar-refractivity contribution in [2.75, 3.05) is 11.4 Å². The van der Waals surface area contributed by atoms with Gasteiger partial charge < -0.3 is 4.90 Å². The zero-order valence-electron chi connectivity index (χ0n) is 19.2. The number of nitriles is 1. The lowest BCUT2D eigenvalue weighted by atomic mass is 9.89. The minimum atomic E-state index is -0.458. The normalized spacial score (nSPS) is 16.2. The molecule has 2 atom stereocenters. The summed E-state index contributed by atoms with van der Waals surface area (Å²) in [4.78, 5) is 35.4. The molecule has 2 unspecified atom stereocenters. The van der Waals surface area contributed by atoms with Crippen LogP contribution in [0.25, 0.3) is 10.2 Å². The van der Waals surface area contributed by atoms with Crippen LogP contribution in [0.1, 0.15) is 44.1 Å². The molecule has 1 aromatic carbocycles. The number of carbonyl (C=O) groups is 1. The highest BCUT2D eigenvalue weighted by molar-refractivity contribution is 8.00. The van der Waals surface area contributed by atoms with Gasteiger partial charge in [0.1, 0.15) is 4.83 Å². The Morgan fingerprint density at radius 1 is 1.39 bits per heavy atom. The fraction of sp³-hybridized carbons (Fsp3) is 0.440. The van der Waals surface area contributed by atoms with Crippen LogP contribution in [0.3, 0.4) is 0 Å². The molecule has 3 aromatic rings. The molecule has 0 bridgehead atoms. The highest BCUT2D eigenvalue weighted by Gasteiger charge is 2.27. The van der Waals surface area contributed by atoms with Gasteiger partial charge in [-0.25, -0.2) is 4.98 Å². The fourth-order valence-corrected chi connectivity index (χ4v) is 6.80. The molecule has 6 nitrogen and oxygen atoms in total. The molecular weight excluding hydrogens is 452 g/mol. The molecule has 1 aliphatic carbocycles. The van der Waals surface area contributed by atoms with Crippen LogP contribution in [-0.2, 0) is 24.2 Å². The zero-order chi connectivity index (χ0) is 23.5. The van der Waals surface area contributed by atoms with Gasteiger partial charge in [0, 0.05) is 23.7 Å². The number of thioether (sulfide) groups is 1. The largest absolute Gasteiger partial charge is 0.310 e. The number of para-hydroxylation sites is 1. The number of carbonyl (C=O) groups excluding carboxylic acids is 1. The van der Waals surface area contributed by atoms with Crippen LogP contribution in [0.15, 0.2) is 40.3 Å². The minimum Gasteiger partial charge on any atom is -0.310 e. The number of fused-ring (bicyclic) bond motifs is 3. The van der Waals surface area contributed by atoms with Crippen LogP contribution >= 0.6 is 23.1 Å². The molecule has 1 amide bonds. The monoisotopic (exact) mass is 480 g/mol. The van der Waals surface area contributed by atoms with Crippen LogP contribution in [0.5, 0.6) is 0 Å². The topological polar surface area (TPSA) is 79.0 Å². The average molecular weight is 481 g/mol. The lowest BCUT2D eigenvalue weighted by Crippen LogP contribution is -2.37. The van der Waals surface area contributed by atoms with Gasteiger partial charge in [-0.2, -0.15) is 5.26 Å². The second kappa shape index (κ2) is 10.1. The van der Waals surface area contributed by atoms with Gasteiger partial charge in [-0.15, -0.1) is 11.3 Å². The van der Waals surface area contributed by atoms with E-state index in [2.05, 4.69) is 13.0 Å². The number of benzene rings is 1. The Balaban J connectivity index is 1.67. The lowest BCUT2D eigenvalue weighted by Gasteiger charge is -2.25. The summed E-state index contributed by atoms with van der Waals surface area (Å²) in [6, 6.07) is 11.5. The van der Waals surface area contributed by atoms with Gasteiger partial charge in [-0.05, 0) is 56.7 Å². The summed E-state index contributed by atoms with van der Waals surface area (Å²) in [5, 5.41) is 9.95. The molecule has 33 heavy (non-hydrogen) atoms. The molecular formula is C25H28N4O2S2. The van der Waals surface area contributed by atoms with Crippen molar-refractivity contribution in [1.82, 2.24) is 9.55 Å². The summed E-state index contributed by atoms with van der Waals surface area (Å²) < 4.78 is 1.70. The maximum Gasteiger partial charge on any atom is 0.263 e. The molecule has 4 rings (SSSR count). The number of amides is 1. The van der Waals surface area contributed by atoms with E-state index in [1.54, 1.807) is 20.8 Å². The molecule has 0 N–H and O–H groups in total. The smallest absolute Gasteiger partial charge is 0.263 e. The molecule has 2 heterocycles. The predicted molar refractivity (Wildman–Crippen MR) is 135 cm³/mol. The van der Waals surface area contributed by atoms with Crippen molar-refractivity contribution < 1.29 is 4.79 Å². The summed E-state index contributed by atoms with van der Waals surface area (Å²) in [5.41, 5.74) is 1.95. The van der Waals surface area contributed by atoms with Crippen molar-refractivity contribution in [2.24, 2.45) is 5.92 Å². The van der Waals surface area contributed by atoms with Crippen molar-refractivity contribution in [1.29, 1.82) is 5.26 Å². The van der Waals surface area contributed by atoms with Crippen LogP contribution in [0.4, 0.5) is 5.69 Å². The van der Waals surface area contributed by atoms with Crippen molar-refractivity contribution in [3.05, 3.63) is 51.1 Å². The highest BCUT2D eigenvalue weighted by atomic mass is 32.2. The number of rotatable bonds is 7. The van der Waals surface area contributed by atoms with Crippen LogP contribution < -0.4 is 10.5 Å². The van der Waals surface area contributed by atoms with Gasteiger partial charge in [0.15, 0.2) is 5.16 Å². The van der Waals surface area contributed by atoms with E-state index in [1.165, 1.54) is 22.2 Å². The molecule has 1 aliphatic rings. The van der Waals surface area contributed by atoms with Crippen LogP contribution in [0, 0.1) is 17.2 Å². The van der Waals surface area contributed by atoms with E-state index in [0.29, 0.717) is 24.2 Å². The van der Waals surface area contributed by atoms with E-state index >= 15 is 0 Å². The number of aromatic nitrogens is 2. The van der Waals surface area contributed by atoms with Crippen molar-refractivity contribution >= 4 is 44.9 Å². The number of aryl methyl sites for hydroxylation is 1. The lowest BCUT2D eigenvalue weighted by molar-refractivity contribution is -0.117. The minimum absolute atomic E-state index is 0.00102. The van der Waals surface area contributed by atoms with E-state index in [4.69, 9.17) is 10.2 Å². The van der Waals surface area contributed by atoms with Gasteiger partial charge in [0.05, 0.1) is 23.1 Å². The maximum absolute atomic E-state index is 13.4. The van der Waals surface area contributed by atoms with E-state index in [9.17, 15) is 9.59 Å². The van der Waals surface area contributed by atoms with Gasteiger partial charge in [0.2, 0.25) is 5.91 Å². The molecule has 0 aliphatic heterocycles. The number of hydrogen-bond acceptors (Lipinski definition) is 6. The zero-order valence-corrected chi connectivity index (χ0v) is 20.8. The van der Waals surface area contributed by atoms with Crippen LogP contribution in [-0.4, -0.2) is 27.3 Å². The van der Waals surface area contributed by atoms with E-state index in [-0.39, 0.29) is 17.9 Å². The second-order valence-electron chi connectivity index (χ2n) is 8.47. The van der Waals surface area contributed by atoms with Gasteiger partial charge in [0.25, 0.3) is 5.56 Å². The first kappa shape index (κ1) is 23.5. The van der Waals surface area contributed by atoms with E-state index in [1.807, 2.05) is 44.2 Å². The van der Waals surface area contributed by atoms with Crippen LogP contribution in [0.2, 0.25) is 0 Å². The standard InChI is InChI=1S/C25H28N4O2S2/c1-4-28-24(31)21-19-12-11-16(2)15-20(19)33-22(21)27-25(28)32-17(3)23(30)29(14-8-13-26)18-9-6-5-7-10-18/h5-7,9-10,16-17H,4,8,11-12,14-15H2,1-3H3. The molecule has 0 fully saturated rings. The quantitative estimate of drug-likeness (QED) is 0.350. The van der Waals surface area contributed by atoms with Gasteiger partial charge >= 0.3 is 0 Å². The SMILES string of the molecule is CCn1c(SC(C)C(=O)N(CCC#N)c2ccccc2)nc2sc3c(c2c1=O)CCC(C)C3. The third-order valence-electron chi connectivity index (χ3n) is 6.11. The van der Waals surface area contributed by atoms with Crippen molar-refractivity contribution in [3.63, 3.8) is 0 Å². The highest BCUT2D eigenvalue weighted by Crippen LogP contribution is 2.37. The number of thiophene rings is 1. The van der Waals surface area contributed by atoms with Crippen molar-refractivity contribution in [3.8, 4) is 6.07 Å². The summed E-state index contributed by atoms with van der Waals surface area (Å²) in [6.45, 7) is 6.86. The average Bonchev–Trinajstić information content (AvgIpc) is 3.17. The Labute approximate surface area is 202 Å². The molecule has 0 saturated carbocycles. The third-order valence-corrected chi connectivity index (χ3v) is 8.33. The van der Waals surface area contributed by atoms with E-state index < -0.39 is 5.25 Å². The number of hydrogen-bond donors (Lipinski definition) is 0. The summed E-state index contributed by atoms with van der Waals surface area (Å²) in [5.74, 6) is 0.528. The Bertz CT molecular complexity index is 1260. The summed E-state index contributed by atoms with van der Waals surface area (Å²) in [6.07, 6.45) is 3.29. The molecule has 0 spiro atoms. The summed E-state index contributed by atoms with van der Waals surface area (Å²) >= 11 is 2.95. The van der Waals surface area contributed by atoms with Gasteiger partial charge in [-0.1, -0.05) is 36.9 Å². The van der Waals surface area contributed by atoms with E-state index in [0.717, 1.165) is 35.2 Å². The fourth-order valence-electron chi connectivity index (χ4n) is 4.34.